The van der Waals surface area contributed by atoms with Crippen molar-refractivity contribution in [1.29, 1.82) is 0 Å². The van der Waals surface area contributed by atoms with E-state index in [1.54, 1.807) is 18.2 Å². The molecule has 16 heavy (non-hydrogen) atoms. The molecule has 5 heteroatoms. The van der Waals surface area contributed by atoms with Crippen LogP contribution in [0, 0.1) is 9.39 Å². The summed E-state index contributed by atoms with van der Waals surface area (Å²) in [6.07, 6.45) is 1.16. The molecule has 0 bridgehead atoms. The molecule has 0 N–H and O–H groups in total. The highest BCUT2D eigenvalue weighted by molar-refractivity contribution is 14.1. The molecule has 0 fully saturated rings. The molecule has 1 heterocycles. The molecule has 0 radical (unpaired) electrons. The summed E-state index contributed by atoms with van der Waals surface area (Å²) in [7, 11) is 0. The summed E-state index contributed by atoms with van der Waals surface area (Å²) in [5.74, 6) is -0.369. The van der Waals surface area contributed by atoms with E-state index in [1.807, 2.05) is 22.6 Å². The van der Waals surface area contributed by atoms with E-state index in [9.17, 15) is 4.39 Å². The van der Waals surface area contributed by atoms with Gasteiger partial charge in [-0.25, -0.2) is 4.39 Å². The Balaban J connectivity index is 2.63. The normalized spacial score (nSPS) is 10.5. The highest BCUT2D eigenvalue weighted by atomic mass is 127. The molecule has 82 valence electrons. The molecule has 0 amide bonds. The maximum Gasteiger partial charge on any atom is 0.142 e. The lowest BCUT2D eigenvalue weighted by molar-refractivity contribution is 0.620. The van der Waals surface area contributed by atoms with Gasteiger partial charge < -0.3 is 0 Å². The Labute approximate surface area is 116 Å². The van der Waals surface area contributed by atoms with Gasteiger partial charge in [0.05, 0.1) is 21.9 Å². The maximum absolute atomic E-state index is 12.9. The summed E-state index contributed by atoms with van der Waals surface area (Å²) in [6.45, 7) is 0. The lowest BCUT2D eigenvalue weighted by Crippen LogP contribution is -1.91. The number of rotatable bonds is 1. The molecule has 1 aromatic carbocycles. The third-order valence-corrected chi connectivity index (χ3v) is 3.66. The second-order valence-corrected chi connectivity index (χ2v) is 5.03. The quantitative estimate of drug-likeness (QED) is 0.660. The lowest BCUT2D eigenvalue weighted by Gasteiger charge is -2.06. The smallest absolute Gasteiger partial charge is 0.142 e. The van der Waals surface area contributed by atoms with Gasteiger partial charge in [-0.05, 0) is 34.7 Å². The number of halogens is 4. The number of hydrogen-bond acceptors (Lipinski definition) is 1. The van der Waals surface area contributed by atoms with Gasteiger partial charge >= 0.3 is 0 Å². The first-order valence-corrected chi connectivity index (χ1v) is 6.18. The van der Waals surface area contributed by atoms with E-state index in [4.69, 9.17) is 23.2 Å². The molecule has 0 saturated carbocycles. The Morgan fingerprint density at radius 1 is 1.25 bits per heavy atom. The standard InChI is InChI=1S/C11H5Cl2FIN/c12-8-3-1-2-7(10(8)13)11-9(15)4-6(14)5-16-11/h1-5H. The minimum Gasteiger partial charge on any atom is -0.252 e. The van der Waals surface area contributed by atoms with Crippen molar-refractivity contribution in [3.05, 3.63) is 49.9 Å². The van der Waals surface area contributed by atoms with Crippen molar-refractivity contribution in [1.82, 2.24) is 4.98 Å². The number of aromatic nitrogens is 1. The van der Waals surface area contributed by atoms with Crippen LogP contribution in [0.4, 0.5) is 4.39 Å². The van der Waals surface area contributed by atoms with E-state index in [0.29, 0.717) is 24.9 Å². The third kappa shape index (κ3) is 2.31. The number of nitrogens with zero attached hydrogens (tertiary/aromatic N) is 1. The van der Waals surface area contributed by atoms with E-state index in [0.717, 1.165) is 6.20 Å². The van der Waals surface area contributed by atoms with Gasteiger partial charge in [0.15, 0.2) is 0 Å². The van der Waals surface area contributed by atoms with E-state index in [-0.39, 0.29) is 5.82 Å². The summed E-state index contributed by atoms with van der Waals surface area (Å²) in [5, 5.41) is 0.891. The number of pyridine rings is 1. The van der Waals surface area contributed by atoms with Crippen LogP contribution in [0.2, 0.25) is 10.0 Å². The van der Waals surface area contributed by atoms with Crippen molar-refractivity contribution in [3.8, 4) is 11.3 Å². The molecule has 0 unspecified atom stereocenters. The van der Waals surface area contributed by atoms with Gasteiger partial charge in [-0.15, -0.1) is 0 Å². The second-order valence-electron chi connectivity index (χ2n) is 3.09. The van der Waals surface area contributed by atoms with Crippen molar-refractivity contribution in [2.45, 2.75) is 0 Å². The Morgan fingerprint density at radius 3 is 2.69 bits per heavy atom. The first kappa shape index (κ1) is 12.1. The van der Waals surface area contributed by atoms with Gasteiger partial charge in [-0.2, -0.15) is 0 Å². The minimum atomic E-state index is -0.369. The van der Waals surface area contributed by atoms with Crippen LogP contribution in [0.25, 0.3) is 11.3 Å². The number of hydrogen-bond donors (Lipinski definition) is 0. The predicted octanol–water partition coefficient (Wildman–Crippen LogP) is 4.80. The molecule has 1 nitrogen and oxygen atoms in total. The molecular weight excluding hydrogens is 363 g/mol. The molecule has 0 aliphatic carbocycles. The van der Waals surface area contributed by atoms with Crippen LogP contribution in [0.3, 0.4) is 0 Å². The highest BCUT2D eigenvalue weighted by Crippen LogP contribution is 2.34. The molecule has 2 aromatic rings. The first-order valence-electron chi connectivity index (χ1n) is 4.35. The van der Waals surface area contributed by atoms with E-state index in [2.05, 4.69) is 4.98 Å². The van der Waals surface area contributed by atoms with Crippen LogP contribution in [0.1, 0.15) is 0 Å². The van der Waals surface area contributed by atoms with Crippen molar-refractivity contribution in [3.63, 3.8) is 0 Å². The Morgan fingerprint density at radius 2 is 2.00 bits per heavy atom. The molecular formula is C11H5Cl2FIN. The Bertz CT molecular complexity index is 546. The van der Waals surface area contributed by atoms with Gasteiger partial charge in [0.25, 0.3) is 0 Å². The zero-order chi connectivity index (χ0) is 11.7. The maximum atomic E-state index is 12.9. The largest absolute Gasteiger partial charge is 0.252 e. The summed E-state index contributed by atoms with van der Waals surface area (Å²) < 4.78 is 13.6. The second kappa shape index (κ2) is 4.85. The Kier molecular flexibility index (Phi) is 3.66. The van der Waals surface area contributed by atoms with E-state index < -0.39 is 0 Å². The lowest BCUT2D eigenvalue weighted by atomic mass is 10.1. The number of benzene rings is 1. The zero-order valence-corrected chi connectivity index (χ0v) is 11.5. The summed E-state index contributed by atoms with van der Waals surface area (Å²) in [5.41, 5.74) is 1.34. The van der Waals surface area contributed by atoms with Gasteiger partial charge in [-0.3, -0.25) is 4.98 Å². The predicted molar refractivity (Wildman–Crippen MR) is 72.4 cm³/mol. The first-order chi connectivity index (χ1) is 7.59. The van der Waals surface area contributed by atoms with Crippen LogP contribution < -0.4 is 0 Å². The summed E-state index contributed by atoms with van der Waals surface area (Å²) >= 11 is 14.0. The van der Waals surface area contributed by atoms with Gasteiger partial charge in [0, 0.05) is 9.13 Å². The fourth-order valence-corrected chi connectivity index (χ4v) is 2.42. The molecule has 2 rings (SSSR count). The van der Waals surface area contributed by atoms with Crippen LogP contribution >= 0.6 is 45.8 Å². The average Bonchev–Trinajstić information content (AvgIpc) is 2.23. The molecule has 0 aliphatic heterocycles. The zero-order valence-electron chi connectivity index (χ0n) is 7.85. The van der Waals surface area contributed by atoms with Crippen LogP contribution in [0.15, 0.2) is 30.5 Å². The van der Waals surface area contributed by atoms with Crippen molar-refractivity contribution >= 4 is 45.8 Å². The minimum absolute atomic E-state index is 0.369. The molecule has 0 aliphatic rings. The van der Waals surface area contributed by atoms with Gasteiger partial charge in [0.1, 0.15) is 5.82 Å². The fraction of sp³-hybridized carbons (Fsp3) is 0. The highest BCUT2D eigenvalue weighted by Gasteiger charge is 2.11. The van der Waals surface area contributed by atoms with Gasteiger partial charge in [-0.1, -0.05) is 35.3 Å². The van der Waals surface area contributed by atoms with Crippen LogP contribution in [-0.4, -0.2) is 4.98 Å². The molecule has 0 saturated heterocycles. The van der Waals surface area contributed by atoms with Gasteiger partial charge in [0.2, 0.25) is 0 Å². The van der Waals surface area contributed by atoms with E-state index >= 15 is 0 Å². The summed E-state index contributed by atoms with van der Waals surface area (Å²) in [4.78, 5) is 4.02. The SMILES string of the molecule is Fc1cnc(-c2cccc(Cl)c2Cl)c(I)c1. The van der Waals surface area contributed by atoms with Crippen molar-refractivity contribution in [2.24, 2.45) is 0 Å². The summed E-state index contributed by atoms with van der Waals surface area (Å²) in [6, 6.07) is 6.69. The molecule has 0 atom stereocenters. The van der Waals surface area contributed by atoms with E-state index in [1.165, 1.54) is 6.07 Å². The molecule has 0 spiro atoms. The average molecular weight is 368 g/mol. The molecule has 1 aromatic heterocycles. The topological polar surface area (TPSA) is 12.9 Å². The monoisotopic (exact) mass is 367 g/mol. The third-order valence-electron chi connectivity index (χ3n) is 2.01. The van der Waals surface area contributed by atoms with Crippen LogP contribution in [0.5, 0.6) is 0 Å². The fourth-order valence-electron chi connectivity index (χ4n) is 1.30. The van der Waals surface area contributed by atoms with Crippen molar-refractivity contribution < 1.29 is 4.39 Å². The Hall–Kier alpha value is -0.390. The van der Waals surface area contributed by atoms with Crippen molar-refractivity contribution in [2.75, 3.05) is 0 Å². The van der Waals surface area contributed by atoms with Crippen LogP contribution in [-0.2, 0) is 0 Å².